The molecule has 1 heterocycles. The Morgan fingerprint density at radius 2 is 2.46 bits per heavy atom. The van der Waals surface area contributed by atoms with Crippen molar-refractivity contribution in [2.75, 3.05) is 40.1 Å². The second-order valence-corrected chi connectivity index (χ2v) is 2.72. The lowest BCUT2D eigenvalue weighted by atomic mass is 10.3. The summed E-state index contributed by atoms with van der Waals surface area (Å²) in [6, 6.07) is 0. The van der Waals surface area contributed by atoms with Gasteiger partial charge in [-0.2, -0.15) is 0 Å². The molecule has 0 aromatic heterocycles. The summed E-state index contributed by atoms with van der Waals surface area (Å²) >= 11 is 0. The molecule has 13 heavy (non-hydrogen) atoms. The molecule has 0 radical (unpaired) electrons. The molecule has 0 aromatic rings. The van der Waals surface area contributed by atoms with Gasteiger partial charge in [-0.15, -0.1) is 0 Å². The van der Waals surface area contributed by atoms with E-state index in [-0.39, 0.29) is 5.91 Å². The maximum Gasteiger partial charge on any atom is 0.251 e. The number of hydrogen-bond donors (Lipinski definition) is 1. The Morgan fingerprint density at radius 3 is 3.08 bits per heavy atom. The van der Waals surface area contributed by atoms with E-state index in [1.807, 2.05) is 0 Å². The highest BCUT2D eigenvalue weighted by molar-refractivity contribution is 5.80. The molecule has 76 valence electrons. The summed E-state index contributed by atoms with van der Waals surface area (Å²) in [5.41, 5.74) is 0. The minimum absolute atomic E-state index is 0.128. The van der Waals surface area contributed by atoms with E-state index >= 15 is 0 Å². The van der Waals surface area contributed by atoms with Crippen molar-refractivity contribution in [1.29, 1.82) is 0 Å². The summed E-state index contributed by atoms with van der Waals surface area (Å²) in [4.78, 5) is 11.3. The zero-order chi connectivity index (χ0) is 9.52. The SMILES string of the molecule is COCCNC(=O)C1COCCO1. The summed E-state index contributed by atoms with van der Waals surface area (Å²) in [7, 11) is 1.59. The number of nitrogens with one attached hydrogen (secondary N) is 1. The van der Waals surface area contributed by atoms with Crippen LogP contribution < -0.4 is 5.32 Å². The van der Waals surface area contributed by atoms with Gasteiger partial charge in [0.05, 0.1) is 26.4 Å². The first-order valence-electron chi connectivity index (χ1n) is 4.30. The molecule has 1 saturated heterocycles. The predicted octanol–water partition coefficient (Wildman–Crippen LogP) is -0.836. The zero-order valence-electron chi connectivity index (χ0n) is 7.75. The molecular weight excluding hydrogens is 174 g/mol. The van der Waals surface area contributed by atoms with Crippen LogP contribution in [0.1, 0.15) is 0 Å². The monoisotopic (exact) mass is 189 g/mol. The Morgan fingerprint density at radius 1 is 1.62 bits per heavy atom. The first-order valence-corrected chi connectivity index (χ1v) is 4.30. The first kappa shape index (κ1) is 10.4. The highest BCUT2D eigenvalue weighted by Crippen LogP contribution is 1.99. The van der Waals surface area contributed by atoms with Crippen LogP contribution in [0, 0.1) is 0 Å². The number of hydrogen-bond acceptors (Lipinski definition) is 4. The number of methoxy groups -OCH3 is 1. The fourth-order valence-corrected chi connectivity index (χ4v) is 1.03. The fourth-order valence-electron chi connectivity index (χ4n) is 1.03. The van der Waals surface area contributed by atoms with Crippen LogP contribution in [0.3, 0.4) is 0 Å². The maximum absolute atomic E-state index is 11.3. The number of rotatable bonds is 4. The lowest BCUT2D eigenvalue weighted by Gasteiger charge is -2.21. The number of ether oxygens (including phenoxy) is 3. The zero-order valence-corrected chi connectivity index (χ0v) is 7.75. The van der Waals surface area contributed by atoms with Gasteiger partial charge in [0.2, 0.25) is 0 Å². The molecule has 0 spiro atoms. The predicted molar refractivity (Wildman–Crippen MR) is 45.4 cm³/mol. The minimum atomic E-state index is -0.453. The summed E-state index contributed by atoms with van der Waals surface area (Å²) < 4.78 is 15.1. The molecule has 5 heteroatoms. The van der Waals surface area contributed by atoms with Crippen molar-refractivity contribution in [3.05, 3.63) is 0 Å². The van der Waals surface area contributed by atoms with E-state index in [1.165, 1.54) is 0 Å². The van der Waals surface area contributed by atoms with Crippen LogP contribution in [0.25, 0.3) is 0 Å². The molecule has 1 unspecified atom stereocenters. The van der Waals surface area contributed by atoms with Crippen LogP contribution in [0.2, 0.25) is 0 Å². The van der Waals surface area contributed by atoms with Crippen molar-refractivity contribution in [1.82, 2.24) is 5.32 Å². The normalized spacial score (nSPS) is 22.7. The summed E-state index contributed by atoms with van der Waals surface area (Å²) in [5, 5.41) is 2.68. The summed E-state index contributed by atoms with van der Waals surface area (Å²) in [6.07, 6.45) is -0.453. The van der Waals surface area contributed by atoms with Gasteiger partial charge in [-0.05, 0) is 0 Å². The van der Waals surface area contributed by atoms with Crippen molar-refractivity contribution in [2.45, 2.75) is 6.10 Å². The smallest absolute Gasteiger partial charge is 0.251 e. The average Bonchev–Trinajstić information content (AvgIpc) is 2.19. The summed E-state index contributed by atoms with van der Waals surface area (Å²) in [5.74, 6) is -0.128. The molecule has 1 amide bonds. The highest BCUT2D eigenvalue weighted by atomic mass is 16.6. The van der Waals surface area contributed by atoms with Crippen molar-refractivity contribution in [3.8, 4) is 0 Å². The topological polar surface area (TPSA) is 56.8 Å². The van der Waals surface area contributed by atoms with Gasteiger partial charge in [0, 0.05) is 13.7 Å². The van der Waals surface area contributed by atoms with Gasteiger partial charge >= 0.3 is 0 Å². The van der Waals surface area contributed by atoms with Gasteiger partial charge < -0.3 is 19.5 Å². The molecule has 1 aliphatic heterocycles. The lowest BCUT2D eigenvalue weighted by Crippen LogP contribution is -2.43. The van der Waals surface area contributed by atoms with Crippen molar-refractivity contribution in [2.24, 2.45) is 0 Å². The van der Waals surface area contributed by atoms with Crippen LogP contribution in [0.15, 0.2) is 0 Å². The molecule has 1 aliphatic rings. The largest absolute Gasteiger partial charge is 0.383 e. The van der Waals surface area contributed by atoms with Crippen LogP contribution in [-0.4, -0.2) is 52.1 Å². The second kappa shape index (κ2) is 5.90. The van der Waals surface area contributed by atoms with Crippen molar-refractivity contribution < 1.29 is 19.0 Å². The van der Waals surface area contributed by atoms with E-state index in [4.69, 9.17) is 14.2 Å². The molecule has 0 saturated carbocycles. The van der Waals surface area contributed by atoms with Crippen molar-refractivity contribution >= 4 is 5.91 Å². The van der Waals surface area contributed by atoms with E-state index < -0.39 is 6.10 Å². The Labute approximate surface area is 77.3 Å². The number of amides is 1. The van der Waals surface area contributed by atoms with Crippen LogP contribution in [0.4, 0.5) is 0 Å². The van der Waals surface area contributed by atoms with E-state index in [1.54, 1.807) is 7.11 Å². The molecule has 1 rings (SSSR count). The minimum Gasteiger partial charge on any atom is -0.383 e. The van der Waals surface area contributed by atoms with Crippen LogP contribution in [-0.2, 0) is 19.0 Å². The second-order valence-electron chi connectivity index (χ2n) is 2.72. The van der Waals surface area contributed by atoms with Crippen LogP contribution >= 0.6 is 0 Å². The van der Waals surface area contributed by atoms with Crippen LogP contribution in [0.5, 0.6) is 0 Å². The molecule has 0 aliphatic carbocycles. The molecule has 1 atom stereocenters. The third-order valence-corrected chi connectivity index (χ3v) is 1.71. The van der Waals surface area contributed by atoms with Gasteiger partial charge in [-0.25, -0.2) is 0 Å². The Balaban J connectivity index is 2.13. The lowest BCUT2D eigenvalue weighted by molar-refractivity contribution is -0.147. The molecule has 0 aromatic carbocycles. The number of carbonyl (C=O) groups excluding carboxylic acids is 1. The maximum atomic E-state index is 11.3. The third kappa shape index (κ3) is 3.71. The third-order valence-electron chi connectivity index (χ3n) is 1.71. The summed E-state index contributed by atoms with van der Waals surface area (Å²) in [6.45, 7) is 2.43. The average molecular weight is 189 g/mol. The van der Waals surface area contributed by atoms with Crippen molar-refractivity contribution in [3.63, 3.8) is 0 Å². The number of carbonyl (C=O) groups is 1. The van der Waals surface area contributed by atoms with E-state index in [0.29, 0.717) is 33.0 Å². The fraction of sp³-hybridized carbons (Fsp3) is 0.875. The van der Waals surface area contributed by atoms with Gasteiger partial charge in [0.15, 0.2) is 6.10 Å². The van der Waals surface area contributed by atoms with E-state index in [2.05, 4.69) is 5.32 Å². The molecule has 1 N–H and O–H groups in total. The molecule has 1 fully saturated rings. The Kier molecular flexibility index (Phi) is 4.74. The first-order chi connectivity index (χ1) is 6.34. The Bertz CT molecular complexity index is 156. The van der Waals surface area contributed by atoms with Gasteiger partial charge in [-0.3, -0.25) is 4.79 Å². The van der Waals surface area contributed by atoms with E-state index in [9.17, 15) is 4.79 Å². The molecule has 0 bridgehead atoms. The van der Waals surface area contributed by atoms with Gasteiger partial charge in [0.1, 0.15) is 0 Å². The standard InChI is InChI=1S/C8H15NO4/c1-11-3-2-9-8(10)7-6-12-4-5-13-7/h7H,2-6H2,1H3,(H,9,10). The molecule has 5 nitrogen and oxygen atoms in total. The quantitative estimate of drug-likeness (QED) is 0.586. The van der Waals surface area contributed by atoms with Gasteiger partial charge in [-0.1, -0.05) is 0 Å². The Hall–Kier alpha value is -0.650. The highest BCUT2D eigenvalue weighted by Gasteiger charge is 2.21. The van der Waals surface area contributed by atoms with Gasteiger partial charge in [0.25, 0.3) is 5.91 Å². The van der Waals surface area contributed by atoms with E-state index in [0.717, 1.165) is 0 Å². The molecular formula is C8H15NO4.